The van der Waals surface area contributed by atoms with Gasteiger partial charge in [-0.25, -0.2) is 4.98 Å². The Labute approximate surface area is 129 Å². The van der Waals surface area contributed by atoms with Gasteiger partial charge in [-0.1, -0.05) is 12.1 Å². The Balaban J connectivity index is 1.77. The Hall–Kier alpha value is -2.69. The fraction of sp³-hybridized carbons (Fsp3) is 0.235. The average Bonchev–Trinajstić information content (AvgIpc) is 2.97. The van der Waals surface area contributed by atoms with E-state index in [0.29, 0.717) is 5.69 Å². The number of para-hydroxylation sites is 1. The van der Waals surface area contributed by atoms with Crippen molar-refractivity contribution in [1.82, 2.24) is 9.97 Å². The standard InChI is InChI=1S/C17H19N3O2/c1-21-14-8-6-11(10-15(14)22-2)7-9-16-19-13-5-3-4-12(18)17(13)20-16/h3-6,8,10H,7,9,18H2,1-2H3,(H,19,20). The molecule has 3 rings (SSSR count). The van der Waals surface area contributed by atoms with E-state index in [2.05, 4.69) is 9.97 Å². The van der Waals surface area contributed by atoms with Crippen LogP contribution < -0.4 is 15.2 Å². The van der Waals surface area contributed by atoms with Gasteiger partial charge >= 0.3 is 0 Å². The van der Waals surface area contributed by atoms with Gasteiger partial charge in [-0.05, 0) is 36.2 Å². The maximum atomic E-state index is 5.93. The van der Waals surface area contributed by atoms with E-state index < -0.39 is 0 Å². The van der Waals surface area contributed by atoms with Crippen LogP contribution in [-0.2, 0) is 12.8 Å². The fourth-order valence-electron chi connectivity index (χ4n) is 2.52. The second-order valence-electron chi connectivity index (χ2n) is 5.12. The van der Waals surface area contributed by atoms with Crippen molar-refractivity contribution >= 4 is 16.7 Å². The summed E-state index contributed by atoms with van der Waals surface area (Å²) in [6.45, 7) is 0. The number of nitrogens with zero attached hydrogens (tertiary/aromatic N) is 1. The van der Waals surface area contributed by atoms with Crippen LogP contribution in [0.15, 0.2) is 36.4 Å². The summed E-state index contributed by atoms with van der Waals surface area (Å²) in [5.74, 6) is 2.42. The van der Waals surface area contributed by atoms with Crippen molar-refractivity contribution in [2.24, 2.45) is 0 Å². The fourth-order valence-corrected chi connectivity index (χ4v) is 2.52. The number of H-pyrrole nitrogens is 1. The third-order valence-corrected chi connectivity index (χ3v) is 3.69. The van der Waals surface area contributed by atoms with E-state index in [-0.39, 0.29) is 0 Å². The zero-order valence-corrected chi connectivity index (χ0v) is 12.7. The van der Waals surface area contributed by atoms with Gasteiger partial charge in [0.1, 0.15) is 11.3 Å². The van der Waals surface area contributed by atoms with E-state index in [9.17, 15) is 0 Å². The number of benzene rings is 2. The number of nitrogen functional groups attached to an aromatic ring is 1. The maximum Gasteiger partial charge on any atom is 0.160 e. The van der Waals surface area contributed by atoms with Crippen LogP contribution in [0.25, 0.3) is 11.0 Å². The summed E-state index contributed by atoms with van der Waals surface area (Å²) in [7, 11) is 3.28. The third kappa shape index (κ3) is 2.70. The molecule has 5 nitrogen and oxygen atoms in total. The molecule has 0 bridgehead atoms. The lowest BCUT2D eigenvalue weighted by atomic mass is 10.1. The van der Waals surface area contributed by atoms with Crippen LogP contribution >= 0.6 is 0 Å². The molecule has 22 heavy (non-hydrogen) atoms. The van der Waals surface area contributed by atoms with Crippen LogP contribution in [0.1, 0.15) is 11.4 Å². The quantitative estimate of drug-likeness (QED) is 0.710. The van der Waals surface area contributed by atoms with Gasteiger partial charge in [-0.3, -0.25) is 0 Å². The first-order valence-electron chi connectivity index (χ1n) is 7.15. The smallest absolute Gasteiger partial charge is 0.160 e. The molecule has 2 aromatic carbocycles. The van der Waals surface area contributed by atoms with E-state index in [1.165, 1.54) is 5.56 Å². The Bertz CT molecular complexity index is 796. The van der Waals surface area contributed by atoms with Crippen molar-refractivity contribution in [3.05, 3.63) is 47.8 Å². The number of ether oxygens (including phenoxy) is 2. The number of rotatable bonds is 5. The minimum atomic E-state index is 0.700. The summed E-state index contributed by atoms with van der Waals surface area (Å²) < 4.78 is 10.6. The highest BCUT2D eigenvalue weighted by molar-refractivity contribution is 5.86. The van der Waals surface area contributed by atoms with Gasteiger partial charge in [0.2, 0.25) is 0 Å². The van der Waals surface area contributed by atoms with E-state index in [0.717, 1.165) is 41.2 Å². The molecular weight excluding hydrogens is 278 g/mol. The lowest BCUT2D eigenvalue weighted by molar-refractivity contribution is 0.354. The van der Waals surface area contributed by atoms with Gasteiger partial charge in [0.05, 0.1) is 25.4 Å². The average molecular weight is 297 g/mol. The summed E-state index contributed by atoms with van der Waals surface area (Å²) in [5, 5.41) is 0. The topological polar surface area (TPSA) is 73.2 Å². The number of hydrogen-bond acceptors (Lipinski definition) is 4. The number of nitrogens with two attached hydrogens (primary N) is 1. The highest BCUT2D eigenvalue weighted by Crippen LogP contribution is 2.28. The number of nitrogens with one attached hydrogen (secondary N) is 1. The van der Waals surface area contributed by atoms with Crippen molar-refractivity contribution < 1.29 is 9.47 Å². The Kier molecular flexibility index (Phi) is 3.87. The number of aromatic nitrogens is 2. The molecule has 114 valence electrons. The zero-order valence-electron chi connectivity index (χ0n) is 12.7. The molecule has 3 N–H and O–H groups in total. The lowest BCUT2D eigenvalue weighted by Crippen LogP contribution is -1.96. The minimum Gasteiger partial charge on any atom is -0.493 e. The van der Waals surface area contributed by atoms with Gasteiger partial charge < -0.3 is 20.2 Å². The van der Waals surface area contributed by atoms with Gasteiger partial charge in [0.25, 0.3) is 0 Å². The second kappa shape index (κ2) is 5.97. The van der Waals surface area contributed by atoms with Crippen LogP contribution in [0.2, 0.25) is 0 Å². The molecule has 0 amide bonds. The third-order valence-electron chi connectivity index (χ3n) is 3.69. The summed E-state index contributed by atoms with van der Waals surface area (Å²) >= 11 is 0. The predicted molar refractivity (Wildman–Crippen MR) is 87.5 cm³/mol. The molecule has 5 heteroatoms. The van der Waals surface area contributed by atoms with Gasteiger partial charge in [0, 0.05) is 6.42 Å². The number of imidazole rings is 1. The molecule has 0 fully saturated rings. The first kappa shape index (κ1) is 14.3. The van der Waals surface area contributed by atoms with E-state index in [1.807, 2.05) is 36.4 Å². The van der Waals surface area contributed by atoms with Crippen molar-refractivity contribution in [3.8, 4) is 11.5 Å². The summed E-state index contributed by atoms with van der Waals surface area (Å²) in [6.07, 6.45) is 1.67. The molecule has 1 heterocycles. The normalized spacial score (nSPS) is 10.8. The van der Waals surface area contributed by atoms with Crippen LogP contribution in [0.4, 0.5) is 5.69 Å². The number of fused-ring (bicyclic) bond motifs is 1. The number of aromatic amines is 1. The Morgan fingerprint density at radius 2 is 1.86 bits per heavy atom. The Morgan fingerprint density at radius 3 is 2.59 bits per heavy atom. The largest absolute Gasteiger partial charge is 0.493 e. The van der Waals surface area contributed by atoms with E-state index >= 15 is 0 Å². The molecule has 0 aliphatic heterocycles. The number of anilines is 1. The van der Waals surface area contributed by atoms with Gasteiger partial charge in [-0.15, -0.1) is 0 Å². The summed E-state index contributed by atoms with van der Waals surface area (Å²) in [6, 6.07) is 11.7. The van der Waals surface area contributed by atoms with Crippen LogP contribution in [0, 0.1) is 0 Å². The second-order valence-corrected chi connectivity index (χ2v) is 5.12. The molecule has 0 atom stereocenters. The molecule has 0 saturated heterocycles. The lowest BCUT2D eigenvalue weighted by Gasteiger charge is -2.09. The minimum absolute atomic E-state index is 0.700. The molecule has 1 aromatic heterocycles. The molecule has 0 spiro atoms. The first-order chi connectivity index (χ1) is 10.7. The molecule has 0 aliphatic carbocycles. The van der Waals surface area contributed by atoms with Crippen molar-refractivity contribution in [3.63, 3.8) is 0 Å². The first-order valence-corrected chi connectivity index (χ1v) is 7.15. The van der Waals surface area contributed by atoms with Gasteiger partial charge in [0.15, 0.2) is 11.5 Å². The van der Waals surface area contributed by atoms with Crippen molar-refractivity contribution in [2.75, 3.05) is 20.0 Å². The highest BCUT2D eigenvalue weighted by atomic mass is 16.5. The molecule has 0 radical (unpaired) electrons. The van der Waals surface area contributed by atoms with Crippen LogP contribution in [0.3, 0.4) is 0 Å². The van der Waals surface area contributed by atoms with Crippen LogP contribution in [0.5, 0.6) is 11.5 Å². The number of aryl methyl sites for hydroxylation is 2. The van der Waals surface area contributed by atoms with Gasteiger partial charge in [-0.2, -0.15) is 0 Å². The van der Waals surface area contributed by atoms with Crippen molar-refractivity contribution in [2.45, 2.75) is 12.8 Å². The number of hydrogen-bond donors (Lipinski definition) is 2. The Morgan fingerprint density at radius 1 is 1.05 bits per heavy atom. The molecular formula is C17H19N3O2. The maximum absolute atomic E-state index is 5.93. The number of methoxy groups -OCH3 is 2. The predicted octanol–water partition coefficient (Wildman–Crippen LogP) is 2.95. The van der Waals surface area contributed by atoms with E-state index in [4.69, 9.17) is 15.2 Å². The van der Waals surface area contributed by atoms with E-state index in [1.54, 1.807) is 14.2 Å². The van der Waals surface area contributed by atoms with Crippen molar-refractivity contribution in [1.29, 1.82) is 0 Å². The summed E-state index contributed by atoms with van der Waals surface area (Å²) in [4.78, 5) is 7.88. The highest BCUT2D eigenvalue weighted by Gasteiger charge is 2.08. The molecule has 3 aromatic rings. The molecule has 0 saturated carbocycles. The monoisotopic (exact) mass is 297 g/mol. The summed E-state index contributed by atoms with van der Waals surface area (Å²) in [5.41, 5.74) is 9.62. The zero-order chi connectivity index (χ0) is 15.5. The van der Waals surface area contributed by atoms with Crippen LogP contribution in [-0.4, -0.2) is 24.2 Å². The molecule has 0 unspecified atom stereocenters. The SMILES string of the molecule is COc1ccc(CCc2nc3c(N)cccc3[nH]2)cc1OC. The molecule has 0 aliphatic rings.